The molecule has 0 aliphatic carbocycles. The van der Waals surface area contributed by atoms with Crippen LogP contribution in [0.25, 0.3) is 0 Å². The molecule has 2 aliphatic heterocycles. The van der Waals surface area contributed by atoms with Crippen molar-refractivity contribution in [3.8, 4) is 0 Å². The molecule has 2 atom stereocenters. The van der Waals surface area contributed by atoms with Gasteiger partial charge in [-0.25, -0.2) is 0 Å². The summed E-state index contributed by atoms with van der Waals surface area (Å²) in [4.78, 5) is 2.61. The predicted octanol–water partition coefficient (Wildman–Crippen LogP) is 1.37. The van der Waals surface area contributed by atoms with Gasteiger partial charge in [-0.15, -0.1) is 0 Å². The average Bonchev–Trinajstić information content (AvgIpc) is 2.91. The van der Waals surface area contributed by atoms with Crippen molar-refractivity contribution < 1.29 is 0 Å². The summed E-state index contributed by atoms with van der Waals surface area (Å²) in [6.45, 7) is 12.7. The monoisotopic (exact) mass is 262 g/mol. The molecule has 0 saturated carbocycles. The van der Waals surface area contributed by atoms with E-state index >= 15 is 0 Å². The predicted molar refractivity (Wildman–Crippen MR) is 77.0 cm³/mol. The first-order valence-electron chi connectivity index (χ1n) is 7.39. The quantitative estimate of drug-likeness (QED) is 0.874. The minimum absolute atomic E-state index is 0.133. The van der Waals surface area contributed by atoms with Crippen LogP contribution in [-0.2, 0) is 19.0 Å². The first-order valence-corrected chi connectivity index (χ1v) is 7.39. The van der Waals surface area contributed by atoms with E-state index in [2.05, 4.69) is 42.3 Å². The topological polar surface area (TPSA) is 33.1 Å². The number of hydrogen-bond donors (Lipinski definition) is 1. The zero-order chi connectivity index (χ0) is 13.6. The van der Waals surface area contributed by atoms with Gasteiger partial charge in [0.25, 0.3) is 0 Å². The van der Waals surface area contributed by atoms with Crippen molar-refractivity contribution in [1.82, 2.24) is 20.0 Å². The zero-order valence-corrected chi connectivity index (χ0v) is 12.6. The van der Waals surface area contributed by atoms with Gasteiger partial charge in [-0.3, -0.25) is 9.58 Å². The molecular weight excluding hydrogens is 236 g/mol. The van der Waals surface area contributed by atoms with E-state index in [0.717, 1.165) is 18.4 Å². The molecule has 4 nitrogen and oxygen atoms in total. The maximum absolute atomic E-state index is 4.67. The number of fused-ring (bicyclic) bond motifs is 1. The van der Waals surface area contributed by atoms with Crippen molar-refractivity contribution >= 4 is 0 Å². The SMILES string of the molecule is Cn1cc(CN2CC3CNCC3C2)c(C(C)(C)C)n1. The number of likely N-dealkylation sites (tertiary alicyclic amines) is 1. The Kier molecular flexibility index (Phi) is 3.18. The van der Waals surface area contributed by atoms with Crippen LogP contribution in [0.5, 0.6) is 0 Å². The lowest BCUT2D eigenvalue weighted by Gasteiger charge is -2.21. The second-order valence-electron chi connectivity index (χ2n) is 7.30. The summed E-state index contributed by atoms with van der Waals surface area (Å²) in [7, 11) is 2.03. The third kappa shape index (κ3) is 2.56. The Morgan fingerprint density at radius 1 is 1.26 bits per heavy atom. The van der Waals surface area contributed by atoms with Crippen LogP contribution in [0.1, 0.15) is 32.0 Å². The van der Waals surface area contributed by atoms with Gasteiger partial charge < -0.3 is 5.32 Å². The van der Waals surface area contributed by atoms with Gasteiger partial charge in [0.05, 0.1) is 5.69 Å². The largest absolute Gasteiger partial charge is 0.316 e. The van der Waals surface area contributed by atoms with Gasteiger partial charge in [-0.2, -0.15) is 5.10 Å². The van der Waals surface area contributed by atoms with E-state index in [-0.39, 0.29) is 5.41 Å². The maximum atomic E-state index is 4.67. The number of hydrogen-bond acceptors (Lipinski definition) is 3. The van der Waals surface area contributed by atoms with Gasteiger partial charge in [0.1, 0.15) is 0 Å². The van der Waals surface area contributed by atoms with Gasteiger partial charge in [0.2, 0.25) is 0 Å². The molecule has 2 unspecified atom stereocenters. The Morgan fingerprint density at radius 2 is 1.89 bits per heavy atom. The van der Waals surface area contributed by atoms with Gasteiger partial charge in [-0.05, 0) is 24.9 Å². The summed E-state index contributed by atoms with van der Waals surface area (Å²) >= 11 is 0. The molecule has 3 heterocycles. The van der Waals surface area contributed by atoms with Crippen LogP contribution >= 0.6 is 0 Å². The summed E-state index contributed by atoms with van der Waals surface area (Å²) in [5.41, 5.74) is 2.79. The first kappa shape index (κ1) is 13.1. The minimum Gasteiger partial charge on any atom is -0.316 e. The number of nitrogens with one attached hydrogen (secondary N) is 1. The molecule has 1 aromatic heterocycles. The highest BCUT2D eigenvalue weighted by Crippen LogP contribution is 2.30. The lowest BCUT2D eigenvalue weighted by atomic mass is 9.89. The lowest BCUT2D eigenvalue weighted by molar-refractivity contribution is 0.303. The molecule has 2 aliphatic rings. The highest BCUT2D eigenvalue weighted by Gasteiger charge is 2.36. The van der Waals surface area contributed by atoms with E-state index in [9.17, 15) is 0 Å². The van der Waals surface area contributed by atoms with Crippen molar-refractivity contribution in [2.24, 2.45) is 18.9 Å². The standard InChI is InChI=1S/C15H26N4/c1-15(2,3)14-13(7-18(4)17-14)10-19-8-11-5-16-6-12(11)9-19/h7,11-12,16H,5-6,8-10H2,1-4H3. The van der Waals surface area contributed by atoms with Crippen LogP contribution in [-0.4, -0.2) is 40.9 Å². The molecule has 0 spiro atoms. The normalized spacial score (nSPS) is 28.0. The average molecular weight is 262 g/mol. The summed E-state index contributed by atoms with van der Waals surface area (Å²) in [6.07, 6.45) is 2.20. The van der Waals surface area contributed by atoms with E-state index in [4.69, 9.17) is 0 Å². The van der Waals surface area contributed by atoms with Crippen molar-refractivity contribution in [3.05, 3.63) is 17.5 Å². The van der Waals surface area contributed by atoms with Crippen molar-refractivity contribution in [2.75, 3.05) is 26.2 Å². The van der Waals surface area contributed by atoms with Gasteiger partial charge in [0.15, 0.2) is 0 Å². The molecular formula is C15H26N4. The van der Waals surface area contributed by atoms with E-state index in [1.54, 1.807) is 0 Å². The fourth-order valence-corrected chi connectivity index (χ4v) is 3.61. The van der Waals surface area contributed by atoms with Crippen LogP contribution in [0, 0.1) is 11.8 Å². The zero-order valence-electron chi connectivity index (χ0n) is 12.6. The molecule has 3 rings (SSSR count). The molecule has 106 valence electrons. The summed E-state index contributed by atoms with van der Waals surface area (Å²) in [5.74, 6) is 1.74. The van der Waals surface area contributed by atoms with Gasteiger partial charge in [-0.1, -0.05) is 20.8 Å². The van der Waals surface area contributed by atoms with E-state index in [0.29, 0.717) is 0 Å². The van der Waals surface area contributed by atoms with Crippen molar-refractivity contribution in [3.63, 3.8) is 0 Å². The molecule has 2 saturated heterocycles. The Balaban J connectivity index is 1.74. The molecule has 0 amide bonds. The fourth-order valence-electron chi connectivity index (χ4n) is 3.61. The molecule has 4 heteroatoms. The fraction of sp³-hybridized carbons (Fsp3) is 0.800. The maximum Gasteiger partial charge on any atom is 0.0722 e. The number of aromatic nitrogens is 2. The van der Waals surface area contributed by atoms with E-state index < -0.39 is 0 Å². The molecule has 0 bridgehead atoms. The highest BCUT2D eigenvalue weighted by atomic mass is 15.3. The van der Waals surface area contributed by atoms with E-state index in [1.165, 1.54) is 37.4 Å². The van der Waals surface area contributed by atoms with Crippen LogP contribution < -0.4 is 5.32 Å². The second-order valence-corrected chi connectivity index (χ2v) is 7.30. The lowest BCUT2D eigenvalue weighted by Crippen LogP contribution is -2.26. The molecule has 1 N–H and O–H groups in total. The molecule has 2 fully saturated rings. The van der Waals surface area contributed by atoms with Gasteiger partial charge >= 0.3 is 0 Å². The molecule has 0 aromatic carbocycles. The Morgan fingerprint density at radius 3 is 2.47 bits per heavy atom. The Labute approximate surface area is 116 Å². The van der Waals surface area contributed by atoms with E-state index in [1.807, 2.05) is 11.7 Å². The summed E-state index contributed by atoms with van der Waals surface area (Å²) in [5, 5.41) is 8.18. The van der Waals surface area contributed by atoms with Crippen LogP contribution in [0.2, 0.25) is 0 Å². The van der Waals surface area contributed by atoms with Crippen LogP contribution in [0.15, 0.2) is 6.20 Å². The molecule has 1 aromatic rings. The number of nitrogens with zero attached hydrogens (tertiary/aromatic N) is 3. The highest BCUT2D eigenvalue weighted by molar-refractivity contribution is 5.24. The van der Waals surface area contributed by atoms with Crippen LogP contribution in [0.4, 0.5) is 0 Å². The molecule has 0 radical (unpaired) electrons. The van der Waals surface area contributed by atoms with Gasteiger partial charge in [0, 0.05) is 43.9 Å². The second kappa shape index (κ2) is 4.60. The third-order valence-electron chi connectivity index (χ3n) is 4.47. The smallest absolute Gasteiger partial charge is 0.0722 e. The summed E-state index contributed by atoms with van der Waals surface area (Å²) in [6, 6.07) is 0. The Bertz CT molecular complexity index is 445. The number of aryl methyl sites for hydroxylation is 1. The van der Waals surface area contributed by atoms with Crippen LogP contribution in [0.3, 0.4) is 0 Å². The van der Waals surface area contributed by atoms with Crippen molar-refractivity contribution in [2.45, 2.75) is 32.7 Å². The summed E-state index contributed by atoms with van der Waals surface area (Å²) < 4.78 is 1.97. The molecule has 19 heavy (non-hydrogen) atoms. The first-order chi connectivity index (χ1) is 8.93. The minimum atomic E-state index is 0.133. The number of rotatable bonds is 2. The Hall–Kier alpha value is -0.870. The third-order valence-corrected chi connectivity index (χ3v) is 4.47. The van der Waals surface area contributed by atoms with Crippen molar-refractivity contribution in [1.29, 1.82) is 0 Å².